The summed E-state index contributed by atoms with van der Waals surface area (Å²) in [6.07, 6.45) is -3.52. The number of hydrogen-bond acceptors (Lipinski definition) is 4. The number of amides is 1. The Morgan fingerprint density at radius 3 is 2.28 bits per heavy atom. The molecule has 1 amide bonds. The van der Waals surface area contributed by atoms with E-state index in [0.717, 1.165) is 21.3 Å². The van der Waals surface area contributed by atoms with Crippen LogP contribution in [0.25, 0.3) is 0 Å². The highest BCUT2D eigenvalue weighted by molar-refractivity contribution is 7.89. The molecule has 1 heterocycles. The Bertz CT molecular complexity index is 858. The van der Waals surface area contributed by atoms with Gasteiger partial charge in [-0.15, -0.1) is 0 Å². The zero-order valence-corrected chi connectivity index (χ0v) is 14.1. The molecule has 2 aromatic rings. The minimum absolute atomic E-state index is 0.0531. The van der Waals surface area contributed by atoms with E-state index in [4.69, 9.17) is 0 Å². The maximum Gasteiger partial charge on any atom is 0.435 e. The van der Waals surface area contributed by atoms with E-state index < -0.39 is 34.3 Å². The van der Waals surface area contributed by atoms with E-state index in [-0.39, 0.29) is 4.90 Å². The number of aromatic nitrogens is 2. The molecular weight excluding hydrogens is 361 g/mol. The van der Waals surface area contributed by atoms with E-state index in [1.165, 1.54) is 38.4 Å². The van der Waals surface area contributed by atoms with Gasteiger partial charge in [0.1, 0.15) is 6.54 Å². The van der Waals surface area contributed by atoms with Gasteiger partial charge in [0, 0.05) is 26.0 Å². The summed E-state index contributed by atoms with van der Waals surface area (Å²) in [5.41, 5.74) is -0.774. The molecule has 0 atom stereocenters. The van der Waals surface area contributed by atoms with Gasteiger partial charge in [-0.2, -0.15) is 18.3 Å². The van der Waals surface area contributed by atoms with Gasteiger partial charge in [0.15, 0.2) is 5.69 Å². The molecule has 0 unspecified atom stereocenters. The Morgan fingerprint density at radius 1 is 1.20 bits per heavy atom. The second kappa shape index (κ2) is 6.84. The van der Waals surface area contributed by atoms with Crippen LogP contribution in [0.15, 0.2) is 41.4 Å². The SMILES string of the molecule is CN(C)S(=O)(=O)c1ccc(NC(=O)Cn2ccc(C(F)(F)F)n2)cc1. The van der Waals surface area contributed by atoms with Gasteiger partial charge in [-0.05, 0) is 30.3 Å². The first kappa shape index (κ1) is 18.9. The normalized spacial score (nSPS) is 12.4. The highest BCUT2D eigenvalue weighted by atomic mass is 32.2. The topological polar surface area (TPSA) is 84.3 Å². The van der Waals surface area contributed by atoms with Crippen LogP contribution >= 0.6 is 0 Å². The Balaban J connectivity index is 2.03. The summed E-state index contributed by atoms with van der Waals surface area (Å²) >= 11 is 0. The minimum Gasteiger partial charge on any atom is -0.324 e. The van der Waals surface area contributed by atoms with E-state index in [9.17, 15) is 26.4 Å². The van der Waals surface area contributed by atoms with Gasteiger partial charge in [-0.3, -0.25) is 9.48 Å². The number of benzene rings is 1. The first-order valence-electron chi connectivity index (χ1n) is 6.93. The fourth-order valence-corrected chi connectivity index (χ4v) is 2.77. The Labute approximate surface area is 142 Å². The number of carbonyl (C=O) groups is 1. The van der Waals surface area contributed by atoms with Gasteiger partial charge in [0.05, 0.1) is 4.90 Å². The Kier molecular flexibility index (Phi) is 5.18. The third kappa shape index (κ3) is 4.57. The third-order valence-electron chi connectivity index (χ3n) is 3.15. The molecule has 136 valence electrons. The maximum atomic E-state index is 12.4. The van der Waals surface area contributed by atoms with Crippen LogP contribution in [-0.2, 0) is 27.5 Å². The number of hydrogen-bond donors (Lipinski definition) is 1. The van der Waals surface area contributed by atoms with Crippen molar-refractivity contribution in [2.45, 2.75) is 17.6 Å². The smallest absolute Gasteiger partial charge is 0.324 e. The predicted molar refractivity (Wildman–Crippen MR) is 83.2 cm³/mol. The molecule has 25 heavy (non-hydrogen) atoms. The van der Waals surface area contributed by atoms with Gasteiger partial charge < -0.3 is 5.32 Å². The summed E-state index contributed by atoms with van der Waals surface area (Å²) in [6, 6.07) is 6.19. The molecular formula is C14H15F3N4O3S. The standard InChI is InChI=1S/C14H15F3N4O3S/c1-20(2)25(23,24)11-5-3-10(4-6-11)18-13(22)9-21-8-7-12(19-21)14(15,16)17/h3-8H,9H2,1-2H3,(H,18,22). The van der Waals surface area contributed by atoms with Gasteiger partial charge in [0.25, 0.3) is 0 Å². The second-order valence-electron chi connectivity index (χ2n) is 5.26. The van der Waals surface area contributed by atoms with Crippen LogP contribution in [0.4, 0.5) is 18.9 Å². The average Bonchev–Trinajstić information content (AvgIpc) is 2.96. The number of nitrogens with zero attached hydrogens (tertiary/aromatic N) is 3. The van der Waals surface area contributed by atoms with Crippen LogP contribution < -0.4 is 5.32 Å². The van der Waals surface area contributed by atoms with Crippen molar-refractivity contribution in [1.29, 1.82) is 0 Å². The van der Waals surface area contributed by atoms with Crippen molar-refractivity contribution in [3.63, 3.8) is 0 Å². The lowest BCUT2D eigenvalue weighted by molar-refractivity contribution is -0.141. The van der Waals surface area contributed by atoms with Crippen molar-refractivity contribution in [3.05, 3.63) is 42.2 Å². The lowest BCUT2D eigenvalue weighted by Crippen LogP contribution is -2.22. The molecule has 2 rings (SSSR count). The van der Waals surface area contributed by atoms with Crippen molar-refractivity contribution in [2.24, 2.45) is 0 Å². The van der Waals surface area contributed by atoms with Crippen LogP contribution in [0.5, 0.6) is 0 Å². The fourth-order valence-electron chi connectivity index (χ4n) is 1.87. The zero-order chi connectivity index (χ0) is 18.8. The molecule has 1 aromatic heterocycles. The number of alkyl halides is 3. The fraction of sp³-hybridized carbons (Fsp3) is 0.286. The van der Waals surface area contributed by atoms with Gasteiger partial charge in [0.2, 0.25) is 15.9 Å². The summed E-state index contributed by atoms with van der Waals surface area (Å²) in [6.45, 7) is -0.409. The van der Waals surface area contributed by atoms with Gasteiger partial charge in [-0.25, -0.2) is 12.7 Å². The molecule has 1 N–H and O–H groups in total. The Hall–Kier alpha value is -2.40. The first-order chi connectivity index (χ1) is 11.5. The molecule has 0 aliphatic heterocycles. The van der Waals surface area contributed by atoms with Crippen LogP contribution in [0.3, 0.4) is 0 Å². The minimum atomic E-state index is -4.57. The van der Waals surface area contributed by atoms with Crippen molar-refractivity contribution in [2.75, 3.05) is 19.4 Å². The zero-order valence-electron chi connectivity index (χ0n) is 13.3. The highest BCUT2D eigenvalue weighted by Crippen LogP contribution is 2.27. The number of rotatable bonds is 5. The number of nitrogens with one attached hydrogen (secondary N) is 1. The number of sulfonamides is 1. The van der Waals surface area contributed by atoms with Crippen molar-refractivity contribution in [1.82, 2.24) is 14.1 Å². The van der Waals surface area contributed by atoms with Gasteiger partial charge >= 0.3 is 6.18 Å². The molecule has 0 saturated heterocycles. The van der Waals surface area contributed by atoms with E-state index in [0.29, 0.717) is 5.69 Å². The van der Waals surface area contributed by atoms with Gasteiger partial charge in [-0.1, -0.05) is 0 Å². The van der Waals surface area contributed by atoms with Crippen LogP contribution in [0, 0.1) is 0 Å². The largest absolute Gasteiger partial charge is 0.435 e. The van der Waals surface area contributed by atoms with E-state index in [1.54, 1.807) is 0 Å². The van der Waals surface area contributed by atoms with Crippen molar-refractivity contribution >= 4 is 21.6 Å². The van der Waals surface area contributed by atoms with Crippen LogP contribution in [0.1, 0.15) is 5.69 Å². The summed E-state index contributed by atoms with van der Waals surface area (Å²) in [4.78, 5) is 11.9. The lowest BCUT2D eigenvalue weighted by Gasteiger charge is -2.12. The molecule has 0 saturated carbocycles. The maximum absolute atomic E-state index is 12.4. The van der Waals surface area contributed by atoms with E-state index in [2.05, 4.69) is 10.4 Å². The summed E-state index contributed by atoms with van der Waals surface area (Å²) < 4.78 is 63.1. The van der Waals surface area contributed by atoms with Crippen molar-refractivity contribution in [3.8, 4) is 0 Å². The third-order valence-corrected chi connectivity index (χ3v) is 4.98. The van der Waals surface area contributed by atoms with Crippen LogP contribution in [0.2, 0.25) is 0 Å². The molecule has 0 aliphatic carbocycles. The molecule has 0 radical (unpaired) electrons. The number of carbonyl (C=O) groups excluding carboxylic acids is 1. The Morgan fingerprint density at radius 2 is 1.80 bits per heavy atom. The van der Waals surface area contributed by atoms with E-state index >= 15 is 0 Å². The average molecular weight is 376 g/mol. The van der Waals surface area contributed by atoms with Crippen molar-refractivity contribution < 1.29 is 26.4 Å². The lowest BCUT2D eigenvalue weighted by atomic mass is 10.3. The molecule has 7 nitrogen and oxygen atoms in total. The summed E-state index contributed by atoms with van der Waals surface area (Å²) in [5, 5.41) is 5.73. The highest BCUT2D eigenvalue weighted by Gasteiger charge is 2.33. The summed E-state index contributed by atoms with van der Waals surface area (Å²) in [7, 11) is -0.796. The molecule has 1 aromatic carbocycles. The molecule has 0 bridgehead atoms. The quantitative estimate of drug-likeness (QED) is 0.862. The molecule has 0 spiro atoms. The molecule has 0 aliphatic rings. The van der Waals surface area contributed by atoms with Crippen LogP contribution in [-0.4, -0.2) is 42.5 Å². The second-order valence-corrected chi connectivity index (χ2v) is 7.41. The predicted octanol–water partition coefficient (Wildman–Crippen LogP) is 1.79. The first-order valence-corrected chi connectivity index (χ1v) is 8.37. The summed E-state index contributed by atoms with van der Waals surface area (Å²) in [5.74, 6) is -0.597. The van der Waals surface area contributed by atoms with E-state index in [1.807, 2.05) is 0 Å². The number of halogens is 3. The molecule has 0 fully saturated rings. The number of anilines is 1. The monoisotopic (exact) mass is 376 g/mol. The molecule has 11 heteroatoms.